The Labute approximate surface area is 105 Å². The van der Waals surface area contributed by atoms with Crippen molar-refractivity contribution in [3.63, 3.8) is 0 Å². The van der Waals surface area contributed by atoms with Crippen LogP contribution in [0.3, 0.4) is 0 Å². The summed E-state index contributed by atoms with van der Waals surface area (Å²) in [6.07, 6.45) is 0. The number of halogens is 1. The molecule has 1 heterocycles. The van der Waals surface area contributed by atoms with Gasteiger partial charge in [0.2, 0.25) is 8.32 Å². The van der Waals surface area contributed by atoms with Gasteiger partial charge in [-0.25, -0.2) is 4.98 Å². The fourth-order valence-corrected chi connectivity index (χ4v) is 5.45. The highest BCUT2D eigenvalue weighted by atomic mass is 79.9. The molecule has 0 aliphatic rings. The summed E-state index contributed by atoms with van der Waals surface area (Å²) < 4.78 is 6.74. The molecule has 1 atom stereocenters. The summed E-state index contributed by atoms with van der Waals surface area (Å²) >= 11 is 5.09. The van der Waals surface area contributed by atoms with Crippen LogP contribution in [-0.4, -0.2) is 20.4 Å². The van der Waals surface area contributed by atoms with Crippen LogP contribution in [0.4, 0.5) is 0 Å². The lowest BCUT2D eigenvalue weighted by atomic mass is 10.2. The molecule has 1 rings (SSSR count). The van der Waals surface area contributed by atoms with Gasteiger partial charge in [0.05, 0.1) is 5.01 Å². The van der Waals surface area contributed by atoms with Crippen molar-refractivity contribution in [3.05, 3.63) is 15.0 Å². The summed E-state index contributed by atoms with van der Waals surface area (Å²) in [5.74, 6) is 0. The Hall–Kier alpha value is 0.287. The van der Waals surface area contributed by atoms with Crippen LogP contribution < -0.4 is 0 Å². The summed E-state index contributed by atoms with van der Waals surface area (Å²) in [7, 11) is 0.108. The molecule has 0 fully saturated rings. The van der Waals surface area contributed by atoms with E-state index in [1.165, 1.54) is 5.01 Å². The smallest absolute Gasteiger partial charge is 0.201 e. The molecule has 1 aromatic rings. The lowest BCUT2D eigenvalue weighted by molar-refractivity contribution is 0.365. The van der Waals surface area contributed by atoms with Crippen molar-refractivity contribution in [2.24, 2.45) is 0 Å². The van der Waals surface area contributed by atoms with Crippen molar-refractivity contribution in [2.75, 3.05) is 7.11 Å². The Morgan fingerprint density at radius 3 is 2.47 bits per heavy atom. The van der Waals surface area contributed by atoms with E-state index >= 15 is 0 Å². The van der Waals surface area contributed by atoms with Crippen LogP contribution in [-0.2, 0) is 10.5 Å². The monoisotopic (exact) mass is 307 g/mol. The summed E-state index contributed by atoms with van der Waals surface area (Å²) in [5.41, 5.74) is 0. The summed E-state index contributed by atoms with van der Waals surface area (Å²) in [5, 5.41) is 3.44. The summed E-state index contributed by atoms with van der Waals surface area (Å²) in [6.45, 7) is 9.05. The Balaban J connectivity index is 2.86. The first kappa shape index (κ1) is 13.4. The predicted molar refractivity (Wildman–Crippen MR) is 71.9 cm³/mol. The molecular weight excluding hydrogens is 290 g/mol. The van der Waals surface area contributed by atoms with Gasteiger partial charge in [-0.2, -0.15) is 0 Å². The second-order valence-electron chi connectivity index (χ2n) is 4.93. The van der Waals surface area contributed by atoms with Gasteiger partial charge in [-0.15, -0.1) is 11.3 Å². The summed E-state index contributed by atoms with van der Waals surface area (Å²) in [4.78, 5) is 4.45. The fourth-order valence-electron chi connectivity index (χ4n) is 1.30. The minimum absolute atomic E-state index is 0.236. The van der Waals surface area contributed by atoms with E-state index in [1.807, 2.05) is 12.5 Å². The molecule has 0 radical (unpaired) electrons. The molecule has 2 nitrogen and oxygen atoms in total. The highest BCUT2D eigenvalue weighted by Gasteiger charge is 2.41. The van der Waals surface area contributed by atoms with Gasteiger partial charge in [0, 0.05) is 18.5 Å². The molecule has 0 saturated heterocycles. The minimum atomic E-state index is -1.73. The molecule has 15 heavy (non-hydrogen) atoms. The Morgan fingerprint density at radius 1 is 1.53 bits per heavy atom. The van der Waals surface area contributed by atoms with Crippen LogP contribution in [0.5, 0.6) is 0 Å². The van der Waals surface area contributed by atoms with E-state index in [0.29, 0.717) is 0 Å². The minimum Gasteiger partial charge on any atom is -0.419 e. The molecule has 0 aliphatic heterocycles. The van der Waals surface area contributed by atoms with Gasteiger partial charge in [-0.05, 0) is 27.5 Å². The third-order valence-electron chi connectivity index (χ3n) is 3.05. The van der Waals surface area contributed by atoms with Gasteiger partial charge >= 0.3 is 0 Å². The van der Waals surface area contributed by atoms with Crippen LogP contribution in [0, 0.1) is 0 Å². The van der Waals surface area contributed by atoms with Gasteiger partial charge in [0.15, 0.2) is 0 Å². The van der Waals surface area contributed by atoms with Crippen LogP contribution >= 0.6 is 27.3 Å². The average molecular weight is 308 g/mol. The van der Waals surface area contributed by atoms with E-state index < -0.39 is 8.32 Å². The van der Waals surface area contributed by atoms with E-state index in [4.69, 9.17) is 4.43 Å². The highest BCUT2D eigenvalue weighted by Crippen LogP contribution is 2.39. The van der Waals surface area contributed by atoms with Gasteiger partial charge in [-0.1, -0.05) is 20.8 Å². The Bertz CT molecular complexity index is 336. The first-order chi connectivity index (χ1) is 6.78. The Kier molecular flexibility index (Phi) is 4.14. The highest BCUT2D eigenvalue weighted by molar-refractivity contribution is 9.10. The van der Waals surface area contributed by atoms with E-state index in [2.05, 4.69) is 48.2 Å². The number of hydrogen-bond acceptors (Lipinski definition) is 3. The van der Waals surface area contributed by atoms with E-state index in [0.717, 1.165) is 10.6 Å². The first-order valence-corrected chi connectivity index (χ1v) is 9.22. The van der Waals surface area contributed by atoms with Crippen molar-refractivity contribution in [3.8, 4) is 0 Å². The molecule has 0 amide bonds. The number of aromatic nitrogens is 1. The SMILES string of the molecule is CO[Si](C)(Cc1nc(Br)cs1)C(C)(C)C. The standard InChI is InChI=1S/C10H18BrNOSSi/c1-10(2,3)15(5,13-4)7-9-12-8(11)6-14-9/h6H,7H2,1-5H3. The average Bonchev–Trinajstić information content (AvgIpc) is 2.49. The molecule has 0 saturated carbocycles. The number of rotatable bonds is 3. The Morgan fingerprint density at radius 2 is 2.13 bits per heavy atom. The van der Waals surface area contributed by atoms with Gasteiger partial charge in [-0.3, -0.25) is 0 Å². The van der Waals surface area contributed by atoms with Crippen molar-refractivity contribution in [1.29, 1.82) is 0 Å². The van der Waals surface area contributed by atoms with Crippen LogP contribution in [0.2, 0.25) is 11.6 Å². The fraction of sp³-hybridized carbons (Fsp3) is 0.700. The van der Waals surface area contributed by atoms with Crippen molar-refractivity contribution in [2.45, 2.75) is 38.4 Å². The topological polar surface area (TPSA) is 22.1 Å². The molecular formula is C10H18BrNOSSi. The van der Waals surface area contributed by atoms with Crippen molar-refractivity contribution in [1.82, 2.24) is 4.98 Å². The molecule has 0 aliphatic carbocycles. The lowest BCUT2D eigenvalue weighted by Gasteiger charge is -2.37. The zero-order valence-electron chi connectivity index (χ0n) is 9.93. The van der Waals surface area contributed by atoms with E-state index in [9.17, 15) is 0 Å². The quantitative estimate of drug-likeness (QED) is 0.787. The zero-order valence-corrected chi connectivity index (χ0v) is 13.3. The number of hydrogen-bond donors (Lipinski definition) is 0. The second kappa shape index (κ2) is 4.65. The van der Waals surface area contributed by atoms with Crippen LogP contribution in [0.15, 0.2) is 9.98 Å². The third kappa shape index (κ3) is 3.12. The lowest BCUT2D eigenvalue weighted by Crippen LogP contribution is -2.45. The van der Waals surface area contributed by atoms with Crippen molar-refractivity contribution >= 4 is 35.6 Å². The maximum atomic E-state index is 5.81. The van der Waals surface area contributed by atoms with Crippen molar-refractivity contribution < 1.29 is 4.43 Å². The zero-order chi connectivity index (χ0) is 11.7. The van der Waals surface area contributed by atoms with E-state index in [1.54, 1.807) is 11.3 Å². The van der Waals surface area contributed by atoms with Gasteiger partial charge in [0.25, 0.3) is 0 Å². The third-order valence-corrected chi connectivity index (χ3v) is 9.95. The number of nitrogens with zero attached hydrogens (tertiary/aromatic N) is 1. The largest absolute Gasteiger partial charge is 0.419 e. The van der Waals surface area contributed by atoms with Gasteiger partial charge in [0.1, 0.15) is 4.60 Å². The molecule has 86 valence electrons. The molecule has 0 N–H and O–H groups in total. The molecule has 1 unspecified atom stereocenters. The van der Waals surface area contributed by atoms with Gasteiger partial charge < -0.3 is 4.43 Å². The van der Waals surface area contributed by atoms with E-state index in [-0.39, 0.29) is 5.04 Å². The van der Waals surface area contributed by atoms with Crippen LogP contribution in [0.1, 0.15) is 25.8 Å². The number of thiazole rings is 1. The first-order valence-electron chi connectivity index (χ1n) is 4.93. The molecule has 0 aromatic carbocycles. The maximum Gasteiger partial charge on any atom is 0.201 e. The second-order valence-corrected chi connectivity index (χ2v) is 11.4. The summed E-state index contributed by atoms with van der Waals surface area (Å²) in [6, 6.07) is 0.989. The molecule has 1 aromatic heterocycles. The normalized spacial score (nSPS) is 16.4. The predicted octanol–water partition coefficient (Wildman–Crippen LogP) is 4.01. The maximum absolute atomic E-state index is 5.81. The van der Waals surface area contributed by atoms with Crippen LogP contribution in [0.25, 0.3) is 0 Å². The molecule has 0 spiro atoms. The molecule has 5 heteroatoms. The molecule has 0 bridgehead atoms.